The molecule has 0 aliphatic heterocycles. The van der Waals surface area contributed by atoms with Crippen LogP contribution in [0.2, 0.25) is 0 Å². The molecular formula is C9H11NO2S2. The van der Waals surface area contributed by atoms with Gasteiger partial charge in [0, 0.05) is 22.4 Å². The van der Waals surface area contributed by atoms with E-state index in [0.717, 1.165) is 10.0 Å². The molecule has 1 aromatic heterocycles. The molecule has 0 saturated carbocycles. The maximum absolute atomic E-state index is 10.5. The zero-order valence-corrected chi connectivity index (χ0v) is 9.61. The Hall–Kier alpha value is -0.810. The van der Waals surface area contributed by atoms with E-state index in [-0.39, 0.29) is 0 Å². The topological polar surface area (TPSA) is 50.2 Å². The molecule has 1 aromatic rings. The number of thioether (sulfide) groups is 1. The number of carbonyl (C=O) groups is 1. The van der Waals surface area contributed by atoms with E-state index in [9.17, 15) is 4.79 Å². The van der Waals surface area contributed by atoms with Gasteiger partial charge in [0.25, 0.3) is 0 Å². The molecule has 0 amide bonds. The summed E-state index contributed by atoms with van der Waals surface area (Å²) in [4.78, 5) is 14.7. The molecule has 0 spiro atoms. The van der Waals surface area contributed by atoms with E-state index in [2.05, 4.69) is 4.98 Å². The van der Waals surface area contributed by atoms with E-state index < -0.39 is 5.97 Å². The summed E-state index contributed by atoms with van der Waals surface area (Å²) in [7, 11) is 0. The summed E-state index contributed by atoms with van der Waals surface area (Å²) in [6.45, 7) is 3.54. The van der Waals surface area contributed by atoms with E-state index >= 15 is 0 Å². The Labute approximate surface area is 90.9 Å². The van der Waals surface area contributed by atoms with Crippen molar-refractivity contribution in [3.8, 4) is 0 Å². The van der Waals surface area contributed by atoms with Gasteiger partial charge in [0.1, 0.15) is 4.34 Å². The zero-order valence-electron chi connectivity index (χ0n) is 7.98. The number of thiazole rings is 1. The molecule has 1 N–H and O–H groups in total. The molecule has 76 valence electrons. The van der Waals surface area contributed by atoms with Gasteiger partial charge in [0.15, 0.2) is 0 Å². The number of aryl methyl sites for hydroxylation is 1. The minimum atomic E-state index is -0.860. The minimum Gasteiger partial charge on any atom is -0.478 e. The van der Waals surface area contributed by atoms with Crippen LogP contribution in [0.1, 0.15) is 12.6 Å². The lowest BCUT2D eigenvalue weighted by atomic mass is 10.3. The van der Waals surface area contributed by atoms with Crippen LogP contribution in [0.5, 0.6) is 0 Å². The fourth-order valence-corrected chi connectivity index (χ4v) is 2.55. The van der Waals surface area contributed by atoms with Crippen molar-refractivity contribution in [1.82, 2.24) is 4.98 Å². The summed E-state index contributed by atoms with van der Waals surface area (Å²) in [6, 6.07) is 0. The van der Waals surface area contributed by atoms with Gasteiger partial charge >= 0.3 is 5.97 Å². The SMILES string of the molecule is CC(=CCSc1nc(C)cs1)C(=O)O. The molecule has 0 aliphatic rings. The average molecular weight is 229 g/mol. The van der Waals surface area contributed by atoms with Crippen LogP contribution in [-0.2, 0) is 4.79 Å². The first-order valence-corrected chi connectivity index (χ1v) is 5.91. The molecule has 5 heteroatoms. The summed E-state index contributed by atoms with van der Waals surface area (Å²) >= 11 is 3.14. The number of rotatable bonds is 4. The van der Waals surface area contributed by atoms with Crippen LogP contribution in [0, 0.1) is 6.92 Å². The standard InChI is InChI=1S/C9H11NO2S2/c1-6(8(11)12)3-4-13-9-10-7(2)5-14-9/h3,5H,4H2,1-2H3,(H,11,12). The van der Waals surface area contributed by atoms with Crippen molar-refractivity contribution in [2.75, 3.05) is 5.75 Å². The summed E-state index contributed by atoms with van der Waals surface area (Å²) in [6.07, 6.45) is 1.70. The van der Waals surface area contributed by atoms with Gasteiger partial charge in [-0.25, -0.2) is 9.78 Å². The van der Waals surface area contributed by atoms with Crippen LogP contribution in [0.3, 0.4) is 0 Å². The lowest BCUT2D eigenvalue weighted by Crippen LogP contribution is -1.96. The number of carboxylic acids is 1. The minimum absolute atomic E-state index is 0.380. The van der Waals surface area contributed by atoms with Crippen molar-refractivity contribution in [3.05, 3.63) is 22.7 Å². The highest BCUT2D eigenvalue weighted by Gasteiger charge is 2.00. The monoisotopic (exact) mass is 229 g/mol. The van der Waals surface area contributed by atoms with E-state index in [1.54, 1.807) is 36.1 Å². The number of aliphatic carboxylic acids is 1. The first kappa shape index (κ1) is 11.3. The molecule has 1 heterocycles. The molecule has 0 fully saturated rings. The number of nitrogens with zero attached hydrogens (tertiary/aromatic N) is 1. The predicted molar refractivity (Wildman–Crippen MR) is 59.0 cm³/mol. The molecular weight excluding hydrogens is 218 g/mol. The van der Waals surface area contributed by atoms with Gasteiger partial charge in [-0.2, -0.15) is 0 Å². The number of aromatic nitrogens is 1. The highest BCUT2D eigenvalue weighted by molar-refractivity contribution is 8.01. The normalized spacial score (nSPS) is 11.7. The first-order chi connectivity index (χ1) is 6.59. The second-order valence-electron chi connectivity index (χ2n) is 2.76. The van der Waals surface area contributed by atoms with E-state index in [1.165, 1.54) is 0 Å². The van der Waals surface area contributed by atoms with Gasteiger partial charge in [-0.3, -0.25) is 0 Å². The highest BCUT2D eigenvalue weighted by Crippen LogP contribution is 2.22. The van der Waals surface area contributed by atoms with E-state index in [0.29, 0.717) is 11.3 Å². The van der Waals surface area contributed by atoms with Crippen molar-refractivity contribution < 1.29 is 9.90 Å². The van der Waals surface area contributed by atoms with Gasteiger partial charge in [-0.15, -0.1) is 11.3 Å². The van der Waals surface area contributed by atoms with Crippen LogP contribution < -0.4 is 0 Å². The number of hydrogen-bond donors (Lipinski definition) is 1. The summed E-state index contributed by atoms with van der Waals surface area (Å²) < 4.78 is 0.983. The Morgan fingerprint density at radius 1 is 1.79 bits per heavy atom. The van der Waals surface area contributed by atoms with E-state index in [1.807, 2.05) is 12.3 Å². The number of hydrogen-bond acceptors (Lipinski definition) is 4. The quantitative estimate of drug-likeness (QED) is 0.637. The lowest BCUT2D eigenvalue weighted by molar-refractivity contribution is -0.132. The van der Waals surface area contributed by atoms with Crippen molar-refractivity contribution in [2.45, 2.75) is 18.2 Å². The van der Waals surface area contributed by atoms with Gasteiger partial charge in [0.2, 0.25) is 0 Å². The molecule has 0 unspecified atom stereocenters. The smallest absolute Gasteiger partial charge is 0.330 e. The van der Waals surface area contributed by atoms with Crippen molar-refractivity contribution >= 4 is 29.1 Å². The maximum atomic E-state index is 10.5. The van der Waals surface area contributed by atoms with Crippen molar-refractivity contribution in [3.63, 3.8) is 0 Å². The first-order valence-electron chi connectivity index (χ1n) is 4.04. The van der Waals surface area contributed by atoms with Crippen molar-refractivity contribution in [1.29, 1.82) is 0 Å². The van der Waals surface area contributed by atoms with Gasteiger partial charge in [0.05, 0.1) is 0 Å². The molecule has 0 bridgehead atoms. The molecule has 14 heavy (non-hydrogen) atoms. The largest absolute Gasteiger partial charge is 0.478 e. The van der Waals surface area contributed by atoms with Crippen LogP contribution in [0.4, 0.5) is 0 Å². The highest BCUT2D eigenvalue weighted by atomic mass is 32.2. The second-order valence-corrected chi connectivity index (χ2v) is 4.88. The Morgan fingerprint density at radius 2 is 2.50 bits per heavy atom. The lowest BCUT2D eigenvalue weighted by Gasteiger charge is -1.93. The Balaban J connectivity index is 2.42. The Kier molecular flexibility index (Phi) is 4.16. The fraction of sp³-hybridized carbons (Fsp3) is 0.333. The average Bonchev–Trinajstić information content (AvgIpc) is 2.51. The summed E-state index contributed by atoms with van der Waals surface area (Å²) in [5.41, 5.74) is 1.39. The van der Waals surface area contributed by atoms with Gasteiger partial charge in [-0.05, 0) is 13.8 Å². The van der Waals surface area contributed by atoms with Gasteiger partial charge in [-0.1, -0.05) is 17.8 Å². The summed E-state index contributed by atoms with van der Waals surface area (Å²) in [5, 5.41) is 10.6. The molecule has 0 saturated heterocycles. The molecule has 0 radical (unpaired) electrons. The maximum Gasteiger partial charge on any atom is 0.330 e. The van der Waals surface area contributed by atoms with Crippen molar-refractivity contribution in [2.24, 2.45) is 0 Å². The van der Waals surface area contributed by atoms with Crippen LogP contribution in [0.15, 0.2) is 21.4 Å². The second kappa shape index (κ2) is 5.17. The van der Waals surface area contributed by atoms with Gasteiger partial charge < -0.3 is 5.11 Å². The third-order valence-electron chi connectivity index (χ3n) is 1.53. The molecule has 3 nitrogen and oxygen atoms in total. The third kappa shape index (κ3) is 3.51. The third-order valence-corrected chi connectivity index (χ3v) is 3.60. The van der Waals surface area contributed by atoms with Crippen LogP contribution in [-0.4, -0.2) is 21.8 Å². The number of carboxylic acid groups (broad SMARTS) is 1. The Bertz CT molecular complexity index is 357. The van der Waals surface area contributed by atoms with Crippen LogP contribution >= 0.6 is 23.1 Å². The predicted octanol–water partition coefficient (Wildman–Crippen LogP) is 2.57. The van der Waals surface area contributed by atoms with Crippen LogP contribution in [0.25, 0.3) is 0 Å². The molecule has 0 aliphatic carbocycles. The molecule has 0 atom stereocenters. The molecule has 1 rings (SSSR count). The zero-order chi connectivity index (χ0) is 10.6. The Morgan fingerprint density at radius 3 is 3.00 bits per heavy atom. The summed E-state index contributed by atoms with van der Waals surface area (Å²) in [5.74, 6) is -0.202. The van der Waals surface area contributed by atoms with E-state index in [4.69, 9.17) is 5.11 Å². The fourth-order valence-electron chi connectivity index (χ4n) is 0.724. The molecule has 0 aromatic carbocycles.